The number of hydrogen-bond donors (Lipinski definition) is 1. The highest BCUT2D eigenvalue weighted by Gasteiger charge is 2.21. The molecule has 1 heterocycles. The third kappa shape index (κ3) is 4.12. The van der Waals surface area contributed by atoms with Crippen LogP contribution in [0.5, 0.6) is 11.5 Å². The van der Waals surface area contributed by atoms with E-state index in [0.29, 0.717) is 21.8 Å². The SMILES string of the molecule is CCOC(=O)c1n[nH]nc1-c1ccc(OC(=O)c2ccc(Cl)cc2)c(OC)c1. The topological polar surface area (TPSA) is 103 Å². The van der Waals surface area contributed by atoms with Gasteiger partial charge in [0.2, 0.25) is 0 Å². The van der Waals surface area contributed by atoms with Crippen molar-refractivity contribution in [2.24, 2.45) is 0 Å². The molecule has 0 amide bonds. The molecule has 0 aliphatic rings. The van der Waals surface area contributed by atoms with E-state index in [9.17, 15) is 9.59 Å². The second kappa shape index (κ2) is 8.53. The van der Waals surface area contributed by atoms with Crippen LogP contribution in [0.4, 0.5) is 0 Å². The molecule has 0 aliphatic carbocycles. The van der Waals surface area contributed by atoms with Crippen LogP contribution in [-0.2, 0) is 4.74 Å². The Morgan fingerprint density at radius 2 is 1.79 bits per heavy atom. The predicted octanol–water partition coefficient (Wildman–Crippen LogP) is 3.53. The fraction of sp³-hybridized carbons (Fsp3) is 0.158. The minimum Gasteiger partial charge on any atom is -0.493 e. The highest BCUT2D eigenvalue weighted by molar-refractivity contribution is 6.30. The van der Waals surface area contributed by atoms with Crippen LogP contribution in [0.1, 0.15) is 27.8 Å². The number of carbonyl (C=O) groups excluding carboxylic acids is 2. The van der Waals surface area contributed by atoms with Gasteiger partial charge in [0.1, 0.15) is 5.69 Å². The number of hydrogen-bond acceptors (Lipinski definition) is 7. The zero-order valence-electron chi connectivity index (χ0n) is 15.1. The molecule has 0 fully saturated rings. The van der Waals surface area contributed by atoms with Gasteiger partial charge in [-0.3, -0.25) is 0 Å². The van der Waals surface area contributed by atoms with Crippen LogP contribution in [0.15, 0.2) is 42.5 Å². The number of benzene rings is 2. The van der Waals surface area contributed by atoms with Crippen molar-refractivity contribution in [3.63, 3.8) is 0 Å². The minimum atomic E-state index is -0.594. The van der Waals surface area contributed by atoms with Gasteiger partial charge in [-0.25, -0.2) is 9.59 Å². The third-order valence-corrected chi connectivity index (χ3v) is 3.99. The summed E-state index contributed by atoms with van der Waals surface area (Å²) in [7, 11) is 1.44. The number of nitrogens with one attached hydrogen (secondary N) is 1. The van der Waals surface area contributed by atoms with Crippen LogP contribution in [0, 0.1) is 0 Å². The van der Waals surface area contributed by atoms with Crippen molar-refractivity contribution in [3.05, 3.63) is 58.7 Å². The highest BCUT2D eigenvalue weighted by Crippen LogP contribution is 2.33. The predicted molar refractivity (Wildman–Crippen MR) is 101 cm³/mol. The highest BCUT2D eigenvalue weighted by atomic mass is 35.5. The number of esters is 2. The lowest BCUT2D eigenvalue weighted by Crippen LogP contribution is -2.09. The Bertz CT molecular complexity index is 1000. The summed E-state index contributed by atoms with van der Waals surface area (Å²) in [5.74, 6) is -0.648. The molecular weight excluding hydrogens is 386 g/mol. The van der Waals surface area contributed by atoms with Crippen molar-refractivity contribution >= 4 is 23.5 Å². The summed E-state index contributed by atoms with van der Waals surface area (Å²) in [6.07, 6.45) is 0. The summed E-state index contributed by atoms with van der Waals surface area (Å²) in [5, 5.41) is 10.8. The number of ether oxygens (including phenoxy) is 3. The average Bonchev–Trinajstić information content (AvgIpc) is 3.19. The zero-order chi connectivity index (χ0) is 20.1. The van der Waals surface area contributed by atoms with Gasteiger partial charge in [-0.2, -0.15) is 10.3 Å². The molecule has 1 N–H and O–H groups in total. The first-order chi connectivity index (χ1) is 13.5. The number of rotatable bonds is 6. The number of nitrogens with zero attached hydrogens (tertiary/aromatic N) is 2. The maximum absolute atomic E-state index is 12.3. The van der Waals surface area contributed by atoms with Gasteiger partial charge in [0.25, 0.3) is 0 Å². The maximum Gasteiger partial charge on any atom is 0.361 e. The molecule has 1 aromatic heterocycles. The quantitative estimate of drug-likeness (QED) is 0.497. The van der Waals surface area contributed by atoms with Crippen molar-refractivity contribution < 1.29 is 23.8 Å². The van der Waals surface area contributed by atoms with Crippen molar-refractivity contribution in [3.8, 4) is 22.8 Å². The zero-order valence-corrected chi connectivity index (χ0v) is 15.8. The molecule has 3 aromatic rings. The summed E-state index contributed by atoms with van der Waals surface area (Å²) >= 11 is 5.83. The molecular formula is C19H16ClN3O5. The number of aromatic nitrogens is 3. The molecule has 9 heteroatoms. The smallest absolute Gasteiger partial charge is 0.361 e. The van der Waals surface area contributed by atoms with E-state index in [4.69, 9.17) is 25.8 Å². The van der Waals surface area contributed by atoms with Crippen LogP contribution in [0.3, 0.4) is 0 Å². The lowest BCUT2D eigenvalue weighted by atomic mass is 10.1. The van der Waals surface area contributed by atoms with Gasteiger partial charge in [0.05, 0.1) is 19.3 Å². The second-order valence-corrected chi connectivity index (χ2v) is 5.94. The van der Waals surface area contributed by atoms with E-state index >= 15 is 0 Å². The van der Waals surface area contributed by atoms with E-state index in [1.165, 1.54) is 7.11 Å². The average molecular weight is 402 g/mol. The van der Waals surface area contributed by atoms with Crippen molar-refractivity contribution in [1.29, 1.82) is 0 Å². The van der Waals surface area contributed by atoms with Gasteiger partial charge in [0.15, 0.2) is 17.2 Å². The number of methoxy groups -OCH3 is 1. The van der Waals surface area contributed by atoms with Crippen molar-refractivity contribution in [2.45, 2.75) is 6.92 Å². The summed E-state index contributed by atoms with van der Waals surface area (Å²) < 4.78 is 15.7. The monoisotopic (exact) mass is 401 g/mol. The normalized spacial score (nSPS) is 10.4. The Labute approximate surface area is 165 Å². The fourth-order valence-electron chi connectivity index (χ4n) is 2.42. The first-order valence-electron chi connectivity index (χ1n) is 8.27. The van der Waals surface area contributed by atoms with E-state index in [1.54, 1.807) is 49.4 Å². The van der Waals surface area contributed by atoms with E-state index in [2.05, 4.69) is 15.4 Å². The lowest BCUT2D eigenvalue weighted by Gasteiger charge is -2.11. The molecule has 0 aliphatic heterocycles. The van der Waals surface area contributed by atoms with Gasteiger partial charge in [-0.05, 0) is 49.4 Å². The second-order valence-electron chi connectivity index (χ2n) is 5.50. The molecule has 28 heavy (non-hydrogen) atoms. The number of aromatic amines is 1. The molecule has 0 saturated carbocycles. The number of halogens is 1. The molecule has 0 spiro atoms. The van der Waals surface area contributed by atoms with Crippen molar-refractivity contribution in [1.82, 2.24) is 15.4 Å². The fourth-order valence-corrected chi connectivity index (χ4v) is 2.54. The Hall–Kier alpha value is -3.39. The van der Waals surface area contributed by atoms with E-state index in [0.717, 1.165) is 0 Å². The molecule has 144 valence electrons. The molecule has 0 radical (unpaired) electrons. The van der Waals surface area contributed by atoms with Crippen LogP contribution < -0.4 is 9.47 Å². The Balaban J connectivity index is 1.87. The Kier molecular flexibility index (Phi) is 5.90. The molecule has 0 unspecified atom stereocenters. The van der Waals surface area contributed by atoms with Gasteiger partial charge < -0.3 is 14.2 Å². The molecule has 3 rings (SSSR count). The number of carbonyl (C=O) groups is 2. The van der Waals surface area contributed by atoms with Gasteiger partial charge >= 0.3 is 11.9 Å². The minimum absolute atomic E-state index is 0.0508. The van der Waals surface area contributed by atoms with Crippen LogP contribution in [0.25, 0.3) is 11.3 Å². The summed E-state index contributed by atoms with van der Waals surface area (Å²) in [5.41, 5.74) is 1.23. The Morgan fingerprint density at radius 1 is 1.04 bits per heavy atom. The van der Waals surface area contributed by atoms with E-state index in [-0.39, 0.29) is 23.8 Å². The molecule has 8 nitrogen and oxygen atoms in total. The lowest BCUT2D eigenvalue weighted by molar-refractivity contribution is 0.0520. The number of H-pyrrole nitrogens is 1. The van der Waals surface area contributed by atoms with Crippen molar-refractivity contribution in [2.75, 3.05) is 13.7 Å². The first kappa shape index (κ1) is 19.4. The molecule has 2 aromatic carbocycles. The first-order valence-corrected chi connectivity index (χ1v) is 8.65. The van der Waals surface area contributed by atoms with E-state index < -0.39 is 11.9 Å². The molecule has 0 bridgehead atoms. The molecule has 0 saturated heterocycles. The van der Waals surface area contributed by atoms with Gasteiger partial charge in [-0.1, -0.05) is 11.6 Å². The standard InChI is InChI=1S/C19H16ClN3O5/c1-3-27-19(25)17-16(21-23-22-17)12-6-9-14(15(10-12)26-2)28-18(24)11-4-7-13(20)8-5-11/h4-10H,3H2,1-2H3,(H,21,22,23). The van der Waals surface area contributed by atoms with Crippen LogP contribution >= 0.6 is 11.6 Å². The van der Waals surface area contributed by atoms with Gasteiger partial charge in [0, 0.05) is 10.6 Å². The third-order valence-electron chi connectivity index (χ3n) is 3.74. The van der Waals surface area contributed by atoms with Gasteiger partial charge in [-0.15, -0.1) is 5.10 Å². The summed E-state index contributed by atoms with van der Waals surface area (Å²) in [4.78, 5) is 24.3. The van der Waals surface area contributed by atoms with Crippen LogP contribution in [0.2, 0.25) is 5.02 Å². The summed E-state index contributed by atoms with van der Waals surface area (Å²) in [6.45, 7) is 1.92. The largest absolute Gasteiger partial charge is 0.493 e. The maximum atomic E-state index is 12.3. The van der Waals surface area contributed by atoms with E-state index in [1.807, 2.05) is 0 Å². The Morgan fingerprint density at radius 3 is 2.46 bits per heavy atom. The van der Waals surface area contributed by atoms with Crippen LogP contribution in [-0.4, -0.2) is 41.1 Å². The molecule has 0 atom stereocenters. The summed E-state index contributed by atoms with van der Waals surface area (Å²) in [6, 6.07) is 11.1.